The molecule has 0 atom stereocenters. The summed E-state index contributed by atoms with van der Waals surface area (Å²) in [7, 11) is 1.60. The third kappa shape index (κ3) is 5.19. The van der Waals surface area contributed by atoms with Crippen LogP contribution in [0.3, 0.4) is 0 Å². The number of amides is 1. The van der Waals surface area contributed by atoms with Crippen LogP contribution in [-0.2, 0) is 0 Å². The van der Waals surface area contributed by atoms with Crippen LogP contribution in [0.5, 0.6) is 5.75 Å². The zero-order valence-corrected chi connectivity index (χ0v) is 16.8. The number of nitrogens with one attached hydrogen (secondary N) is 1. The molecule has 0 aliphatic rings. The van der Waals surface area contributed by atoms with E-state index in [1.165, 1.54) is 5.69 Å². The highest BCUT2D eigenvalue weighted by molar-refractivity contribution is 14.1. The number of anilines is 1. The summed E-state index contributed by atoms with van der Waals surface area (Å²) in [5, 5.41) is 4.03. The molecule has 6 heteroatoms. The van der Waals surface area contributed by atoms with Gasteiger partial charge in [-0.2, -0.15) is 5.10 Å². The van der Waals surface area contributed by atoms with Gasteiger partial charge in [-0.3, -0.25) is 4.79 Å². The maximum atomic E-state index is 12.1. The molecule has 1 amide bonds. The molecule has 0 bridgehead atoms. The summed E-state index contributed by atoms with van der Waals surface area (Å²) in [4.78, 5) is 14.4. The summed E-state index contributed by atoms with van der Waals surface area (Å²) < 4.78 is 6.07. The van der Waals surface area contributed by atoms with Crippen molar-refractivity contribution in [1.82, 2.24) is 5.43 Å². The average molecular weight is 451 g/mol. The van der Waals surface area contributed by atoms with Gasteiger partial charge in [-0.1, -0.05) is 12.1 Å². The molecule has 132 valence electrons. The van der Waals surface area contributed by atoms with Crippen LogP contribution in [0.15, 0.2) is 47.6 Å². The molecule has 0 aromatic heterocycles. The number of hydrogen-bond donors (Lipinski definition) is 1. The summed E-state index contributed by atoms with van der Waals surface area (Å²) in [6.07, 6.45) is 1.64. The standard InChI is InChI=1S/C19H22IN3O2/c1-4-23(5-2)16-9-6-14(7-10-16)13-21-22-19(24)15-8-11-18(25-3)17(20)12-15/h6-13H,4-5H2,1-3H3,(H,22,24)/b21-13+. The van der Waals surface area contributed by atoms with Crippen LogP contribution >= 0.6 is 22.6 Å². The lowest BCUT2D eigenvalue weighted by Gasteiger charge is -2.20. The van der Waals surface area contributed by atoms with E-state index in [9.17, 15) is 4.79 Å². The minimum atomic E-state index is -0.253. The van der Waals surface area contributed by atoms with Crippen LogP contribution < -0.4 is 15.1 Å². The zero-order chi connectivity index (χ0) is 18.2. The first-order chi connectivity index (χ1) is 12.1. The van der Waals surface area contributed by atoms with Gasteiger partial charge in [-0.05, 0) is 72.3 Å². The molecule has 2 rings (SSSR count). The number of nitrogens with zero attached hydrogens (tertiary/aromatic N) is 2. The van der Waals surface area contributed by atoms with Crippen LogP contribution in [0, 0.1) is 3.57 Å². The van der Waals surface area contributed by atoms with Gasteiger partial charge >= 0.3 is 0 Å². The molecule has 1 N–H and O–H groups in total. The highest BCUT2D eigenvalue weighted by atomic mass is 127. The summed E-state index contributed by atoms with van der Waals surface area (Å²) in [5.74, 6) is 0.491. The summed E-state index contributed by atoms with van der Waals surface area (Å²) in [5.41, 5.74) is 5.20. The number of hydrogen-bond acceptors (Lipinski definition) is 4. The van der Waals surface area contributed by atoms with Gasteiger partial charge in [-0.15, -0.1) is 0 Å². The predicted octanol–water partition coefficient (Wildman–Crippen LogP) is 3.91. The van der Waals surface area contributed by atoms with Crippen molar-refractivity contribution in [2.45, 2.75) is 13.8 Å². The van der Waals surface area contributed by atoms with Crippen molar-refractivity contribution < 1.29 is 9.53 Å². The van der Waals surface area contributed by atoms with Crippen molar-refractivity contribution in [2.75, 3.05) is 25.1 Å². The Morgan fingerprint density at radius 3 is 2.44 bits per heavy atom. The second-order valence-corrected chi connectivity index (χ2v) is 6.47. The van der Waals surface area contributed by atoms with Gasteiger partial charge in [0.25, 0.3) is 5.91 Å². The Hall–Kier alpha value is -2.09. The number of hydrazone groups is 1. The first-order valence-electron chi connectivity index (χ1n) is 8.11. The summed E-state index contributed by atoms with van der Waals surface area (Å²) >= 11 is 2.13. The Labute approximate surface area is 162 Å². The van der Waals surface area contributed by atoms with Crippen molar-refractivity contribution in [2.24, 2.45) is 5.10 Å². The zero-order valence-electron chi connectivity index (χ0n) is 14.6. The Bertz CT molecular complexity index is 741. The Morgan fingerprint density at radius 1 is 1.20 bits per heavy atom. The minimum absolute atomic E-state index is 0.253. The van der Waals surface area contributed by atoms with Crippen molar-refractivity contribution in [1.29, 1.82) is 0 Å². The number of benzene rings is 2. The van der Waals surface area contributed by atoms with Crippen LogP contribution in [0.1, 0.15) is 29.8 Å². The van der Waals surface area contributed by atoms with Gasteiger partial charge in [-0.25, -0.2) is 5.43 Å². The molecule has 2 aromatic carbocycles. The fourth-order valence-electron chi connectivity index (χ4n) is 2.40. The normalized spacial score (nSPS) is 10.7. The van der Waals surface area contributed by atoms with Crippen molar-refractivity contribution >= 4 is 40.4 Å². The van der Waals surface area contributed by atoms with Crippen LogP contribution in [0.25, 0.3) is 0 Å². The minimum Gasteiger partial charge on any atom is -0.496 e. The molecule has 0 aliphatic heterocycles. The van der Waals surface area contributed by atoms with E-state index in [1.54, 1.807) is 31.5 Å². The lowest BCUT2D eigenvalue weighted by Crippen LogP contribution is -2.21. The van der Waals surface area contributed by atoms with E-state index in [2.05, 4.69) is 64.0 Å². The molecule has 25 heavy (non-hydrogen) atoms. The molecule has 5 nitrogen and oxygen atoms in total. The fourth-order valence-corrected chi connectivity index (χ4v) is 3.13. The third-order valence-electron chi connectivity index (χ3n) is 3.82. The van der Waals surface area contributed by atoms with Crippen LogP contribution in [0.4, 0.5) is 5.69 Å². The SMILES string of the molecule is CCN(CC)c1ccc(/C=N/NC(=O)c2ccc(OC)c(I)c2)cc1. The van der Waals surface area contributed by atoms with E-state index in [0.29, 0.717) is 5.56 Å². The average Bonchev–Trinajstić information content (AvgIpc) is 2.63. The largest absolute Gasteiger partial charge is 0.496 e. The molecule has 0 unspecified atom stereocenters. The van der Waals surface area contributed by atoms with E-state index >= 15 is 0 Å². The van der Waals surface area contributed by atoms with Crippen molar-refractivity contribution in [3.63, 3.8) is 0 Å². The number of rotatable bonds is 7. The molecule has 0 saturated carbocycles. The highest BCUT2D eigenvalue weighted by Crippen LogP contribution is 2.21. The number of carbonyl (C=O) groups is 1. The Kier molecular flexibility index (Phi) is 7.24. The van der Waals surface area contributed by atoms with Gasteiger partial charge in [0, 0.05) is 24.3 Å². The van der Waals surface area contributed by atoms with Crippen LogP contribution in [0.2, 0.25) is 0 Å². The Balaban J connectivity index is 1.98. The van der Waals surface area contributed by atoms with Crippen molar-refractivity contribution in [3.8, 4) is 5.75 Å². The smallest absolute Gasteiger partial charge is 0.271 e. The van der Waals surface area contributed by atoms with Gasteiger partial charge < -0.3 is 9.64 Å². The topological polar surface area (TPSA) is 53.9 Å². The number of halogens is 1. The number of methoxy groups -OCH3 is 1. The van der Waals surface area contributed by atoms with E-state index in [4.69, 9.17) is 4.74 Å². The monoisotopic (exact) mass is 451 g/mol. The summed E-state index contributed by atoms with van der Waals surface area (Å²) in [6.45, 7) is 6.21. The van der Waals surface area contributed by atoms with E-state index in [0.717, 1.165) is 28.0 Å². The fraction of sp³-hybridized carbons (Fsp3) is 0.263. The molecule has 2 aromatic rings. The molecule has 0 heterocycles. The molecule has 0 aliphatic carbocycles. The van der Waals surface area contributed by atoms with Gasteiger partial charge in [0.15, 0.2) is 0 Å². The van der Waals surface area contributed by atoms with Crippen molar-refractivity contribution in [3.05, 3.63) is 57.2 Å². The second-order valence-electron chi connectivity index (χ2n) is 5.31. The lowest BCUT2D eigenvalue weighted by atomic mass is 10.2. The van der Waals surface area contributed by atoms with Crippen LogP contribution in [-0.4, -0.2) is 32.3 Å². The number of ether oxygens (including phenoxy) is 1. The molecule has 0 saturated heterocycles. The Morgan fingerprint density at radius 2 is 1.88 bits per heavy atom. The highest BCUT2D eigenvalue weighted by Gasteiger charge is 2.07. The first kappa shape index (κ1) is 19.2. The molecular weight excluding hydrogens is 429 g/mol. The second kappa shape index (κ2) is 9.41. The van der Waals surface area contributed by atoms with E-state index in [-0.39, 0.29) is 5.91 Å². The number of carbonyl (C=O) groups excluding carboxylic acids is 1. The molecule has 0 fully saturated rings. The van der Waals surface area contributed by atoms with E-state index < -0.39 is 0 Å². The molecule has 0 radical (unpaired) electrons. The van der Waals surface area contributed by atoms with Gasteiger partial charge in [0.05, 0.1) is 16.9 Å². The maximum Gasteiger partial charge on any atom is 0.271 e. The predicted molar refractivity (Wildman–Crippen MR) is 111 cm³/mol. The van der Waals surface area contributed by atoms with Gasteiger partial charge in [0.1, 0.15) is 5.75 Å². The van der Waals surface area contributed by atoms with Gasteiger partial charge in [0.2, 0.25) is 0 Å². The summed E-state index contributed by atoms with van der Waals surface area (Å²) in [6, 6.07) is 13.3. The molecule has 0 spiro atoms. The first-order valence-corrected chi connectivity index (χ1v) is 9.18. The quantitative estimate of drug-likeness (QED) is 0.395. The maximum absolute atomic E-state index is 12.1. The lowest BCUT2D eigenvalue weighted by molar-refractivity contribution is 0.0955. The molecular formula is C19H22IN3O2. The third-order valence-corrected chi connectivity index (χ3v) is 4.66. The van der Waals surface area contributed by atoms with E-state index in [1.807, 2.05) is 12.1 Å².